The Morgan fingerprint density at radius 3 is 2.87 bits per heavy atom. The first kappa shape index (κ1) is 20.0. The van der Waals surface area contributed by atoms with Gasteiger partial charge in [-0.1, -0.05) is 29.5 Å². The summed E-state index contributed by atoms with van der Waals surface area (Å²) in [6.45, 7) is 0.168. The quantitative estimate of drug-likeness (QED) is 0.407. The van der Waals surface area contributed by atoms with E-state index >= 15 is 0 Å². The monoisotopic (exact) mass is 487 g/mol. The predicted octanol–water partition coefficient (Wildman–Crippen LogP) is 2.97. The van der Waals surface area contributed by atoms with Crippen molar-refractivity contribution in [3.8, 4) is 11.5 Å². The van der Waals surface area contributed by atoms with Crippen molar-refractivity contribution in [3.05, 3.63) is 63.1 Å². The van der Waals surface area contributed by atoms with Crippen molar-refractivity contribution < 1.29 is 19.1 Å². The van der Waals surface area contributed by atoms with Gasteiger partial charge in [-0.25, -0.2) is 5.43 Å². The summed E-state index contributed by atoms with van der Waals surface area (Å²) in [5, 5.41) is 15.2. The number of carbonyl (C=O) groups is 2. The number of carbonyl (C=O) groups excluding carboxylic acids is 2. The fourth-order valence-electron chi connectivity index (χ4n) is 2.55. The molecule has 4 rings (SSSR count). The summed E-state index contributed by atoms with van der Waals surface area (Å²) in [6.07, 6.45) is 1.48. The Bertz CT molecular complexity index is 1120. The third-order valence-corrected chi connectivity index (χ3v) is 5.32. The normalized spacial score (nSPS) is 12.2. The van der Waals surface area contributed by atoms with Gasteiger partial charge in [0, 0.05) is 5.56 Å². The summed E-state index contributed by atoms with van der Waals surface area (Å²) in [5.41, 5.74) is 3.68. The van der Waals surface area contributed by atoms with Crippen molar-refractivity contribution in [1.82, 2.24) is 15.6 Å². The lowest BCUT2D eigenvalue weighted by atomic mass is 10.2. The van der Waals surface area contributed by atoms with Crippen molar-refractivity contribution >= 4 is 50.4 Å². The minimum Gasteiger partial charge on any atom is -0.454 e. The molecule has 0 fully saturated rings. The Labute approximate surface area is 183 Å². The molecular weight excluding hydrogens is 474 g/mol. The van der Waals surface area contributed by atoms with E-state index in [4.69, 9.17) is 9.47 Å². The molecule has 0 saturated heterocycles. The summed E-state index contributed by atoms with van der Waals surface area (Å²) < 4.78 is 11.4. The Kier molecular flexibility index (Phi) is 6.00. The summed E-state index contributed by atoms with van der Waals surface area (Å²) >= 11 is 4.53. The summed E-state index contributed by atoms with van der Waals surface area (Å²) in [6, 6.07) is 12.3. The van der Waals surface area contributed by atoms with Gasteiger partial charge < -0.3 is 9.47 Å². The number of ether oxygens (including phenoxy) is 2. The molecule has 2 amide bonds. The third-order valence-electron chi connectivity index (χ3n) is 3.89. The number of benzene rings is 2. The maximum absolute atomic E-state index is 12.1. The highest BCUT2D eigenvalue weighted by Gasteiger charge is 2.17. The highest BCUT2D eigenvalue weighted by atomic mass is 79.9. The molecule has 2 heterocycles. The zero-order valence-electron chi connectivity index (χ0n) is 15.3. The molecule has 0 radical (unpaired) electrons. The molecule has 1 aromatic heterocycles. The number of hydrogen-bond acceptors (Lipinski definition) is 8. The number of nitrogens with one attached hydrogen (secondary N) is 2. The predicted molar refractivity (Wildman–Crippen MR) is 114 cm³/mol. The number of amides is 2. The first-order valence-electron chi connectivity index (χ1n) is 8.68. The number of hydrogen-bond donors (Lipinski definition) is 2. The molecule has 0 spiro atoms. The van der Waals surface area contributed by atoms with Crippen LogP contribution >= 0.6 is 27.3 Å². The zero-order valence-corrected chi connectivity index (χ0v) is 17.7. The topological polar surface area (TPSA) is 115 Å². The molecule has 2 N–H and O–H groups in total. The van der Waals surface area contributed by atoms with E-state index in [1.807, 2.05) is 6.07 Å². The number of fused-ring (bicyclic) bond motifs is 1. The number of hydrazone groups is 1. The van der Waals surface area contributed by atoms with Crippen molar-refractivity contribution in [3.63, 3.8) is 0 Å². The molecule has 152 valence electrons. The van der Waals surface area contributed by atoms with E-state index in [2.05, 4.69) is 42.0 Å². The molecule has 1 aliphatic rings. The van der Waals surface area contributed by atoms with Crippen molar-refractivity contribution in [2.45, 2.75) is 6.42 Å². The Hall–Kier alpha value is -3.31. The van der Waals surface area contributed by atoms with Gasteiger partial charge >= 0.3 is 0 Å². The van der Waals surface area contributed by atoms with Crippen LogP contribution in [0.25, 0.3) is 0 Å². The number of aromatic nitrogens is 2. The van der Waals surface area contributed by atoms with E-state index in [0.717, 1.165) is 21.4 Å². The van der Waals surface area contributed by atoms with Gasteiger partial charge in [-0.05, 0) is 45.8 Å². The lowest BCUT2D eigenvalue weighted by Crippen LogP contribution is -2.19. The number of anilines is 1. The van der Waals surface area contributed by atoms with Crippen LogP contribution in [0.3, 0.4) is 0 Å². The Morgan fingerprint density at radius 2 is 2.03 bits per heavy atom. The fourth-order valence-corrected chi connectivity index (χ4v) is 3.86. The maximum Gasteiger partial charge on any atom is 0.257 e. The van der Waals surface area contributed by atoms with Gasteiger partial charge in [0.1, 0.15) is 5.01 Å². The first-order valence-corrected chi connectivity index (χ1v) is 10.3. The second kappa shape index (κ2) is 9.01. The molecule has 1 aliphatic heterocycles. The Morgan fingerprint density at radius 1 is 1.20 bits per heavy atom. The minimum atomic E-state index is -0.358. The molecule has 0 aliphatic carbocycles. The largest absolute Gasteiger partial charge is 0.454 e. The summed E-state index contributed by atoms with van der Waals surface area (Å²) in [7, 11) is 0. The molecule has 0 saturated carbocycles. The Balaban J connectivity index is 1.30. The number of halogens is 1. The number of nitrogens with zero attached hydrogens (tertiary/aromatic N) is 3. The van der Waals surface area contributed by atoms with Crippen LogP contribution in [0.5, 0.6) is 11.5 Å². The average molecular weight is 488 g/mol. The molecule has 2 aromatic carbocycles. The van der Waals surface area contributed by atoms with Crippen LogP contribution in [0.4, 0.5) is 5.13 Å². The van der Waals surface area contributed by atoms with E-state index < -0.39 is 0 Å². The minimum absolute atomic E-state index is 0.0128. The van der Waals surface area contributed by atoms with Crippen LogP contribution in [-0.2, 0) is 11.2 Å². The maximum atomic E-state index is 12.1. The van der Waals surface area contributed by atoms with E-state index in [0.29, 0.717) is 27.2 Å². The highest BCUT2D eigenvalue weighted by molar-refractivity contribution is 9.10. The molecular formula is C19H14BrN5O4S. The molecule has 0 unspecified atom stereocenters. The summed E-state index contributed by atoms with van der Waals surface area (Å²) in [5.74, 6) is 0.601. The van der Waals surface area contributed by atoms with E-state index in [1.165, 1.54) is 6.21 Å². The average Bonchev–Trinajstić information content (AvgIpc) is 3.38. The highest BCUT2D eigenvalue weighted by Crippen LogP contribution is 2.39. The van der Waals surface area contributed by atoms with Gasteiger partial charge in [0.2, 0.25) is 17.8 Å². The molecule has 11 heteroatoms. The standard InChI is InChI=1S/C19H14BrN5O4S/c20-13-6-11(7-14-17(13)29-10-28-14)9-21-23-15(26)8-16-24-25-19(30-16)22-18(27)12-4-2-1-3-5-12/h1-7,9H,8,10H2,(H,23,26)(H,22,25,27). The molecule has 9 nitrogen and oxygen atoms in total. The van der Waals surface area contributed by atoms with Gasteiger partial charge in [-0.3, -0.25) is 14.9 Å². The molecule has 0 bridgehead atoms. The van der Waals surface area contributed by atoms with Crippen LogP contribution < -0.4 is 20.2 Å². The van der Waals surface area contributed by atoms with Gasteiger partial charge in [-0.2, -0.15) is 5.10 Å². The van der Waals surface area contributed by atoms with Crippen LogP contribution in [0.2, 0.25) is 0 Å². The van der Waals surface area contributed by atoms with Crippen molar-refractivity contribution in [2.75, 3.05) is 12.1 Å². The molecule has 30 heavy (non-hydrogen) atoms. The van der Waals surface area contributed by atoms with Crippen LogP contribution in [-0.4, -0.2) is 35.0 Å². The lowest BCUT2D eigenvalue weighted by Gasteiger charge is -2.01. The smallest absolute Gasteiger partial charge is 0.257 e. The van der Waals surface area contributed by atoms with Gasteiger partial charge in [-0.15, -0.1) is 10.2 Å². The van der Waals surface area contributed by atoms with Crippen molar-refractivity contribution in [2.24, 2.45) is 5.10 Å². The first-order chi connectivity index (χ1) is 14.6. The molecule has 0 atom stereocenters. The fraction of sp³-hybridized carbons (Fsp3) is 0.105. The van der Waals surface area contributed by atoms with E-state index in [1.54, 1.807) is 36.4 Å². The van der Waals surface area contributed by atoms with Crippen molar-refractivity contribution in [1.29, 1.82) is 0 Å². The van der Waals surface area contributed by atoms with E-state index in [9.17, 15) is 9.59 Å². The van der Waals surface area contributed by atoms with Gasteiger partial charge in [0.05, 0.1) is 17.1 Å². The zero-order chi connectivity index (χ0) is 20.9. The van der Waals surface area contributed by atoms with Crippen LogP contribution in [0.1, 0.15) is 20.9 Å². The second-order valence-electron chi connectivity index (χ2n) is 6.03. The number of rotatable bonds is 6. The van der Waals surface area contributed by atoms with Crippen LogP contribution in [0, 0.1) is 0 Å². The lowest BCUT2D eigenvalue weighted by molar-refractivity contribution is -0.120. The van der Waals surface area contributed by atoms with Crippen LogP contribution in [0.15, 0.2) is 52.0 Å². The SMILES string of the molecule is O=C(Cc1nnc(NC(=O)c2ccccc2)s1)NN=Cc1cc(Br)c2c(c1)OCO2. The second-order valence-corrected chi connectivity index (χ2v) is 7.94. The molecule has 3 aromatic rings. The van der Waals surface area contributed by atoms with Gasteiger partial charge in [0.15, 0.2) is 11.5 Å². The van der Waals surface area contributed by atoms with E-state index in [-0.39, 0.29) is 25.0 Å². The summed E-state index contributed by atoms with van der Waals surface area (Å²) in [4.78, 5) is 24.2. The van der Waals surface area contributed by atoms with Gasteiger partial charge in [0.25, 0.3) is 5.91 Å². The third kappa shape index (κ3) is 4.81.